The average molecular weight is 230 g/mol. The zero-order valence-electron chi connectivity index (χ0n) is 6.54. The molecule has 1 N–H and O–H groups in total. The predicted octanol–water partition coefficient (Wildman–Crippen LogP) is 2.28. The van der Waals surface area contributed by atoms with E-state index < -0.39 is 0 Å². The van der Waals surface area contributed by atoms with Crippen molar-refractivity contribution >= 4 is 0 Å². The molecule has 1 aromatic carbocycles. The summed E-state index contributed by atoms with van der Waals surface area (Å²) in [6.45, 7) is 0. The third kappa shape index (κ3) is 2.05. The second-order valence-electron chi connectivity index (χ2n) is 2.29. The molecule has 1 aromatic heterocycles. The Kier molecular flexibility index (Phi) is 3.70. The average Bonchev–Trinajstić information content (AvgIpc) is 2.58. The maximum atomic E-state index is 3.12. The fourth-order valence-corrected chi connectivity index (χ4v) is 1.00. The molecule has 12 heavy (non-hydrogen) atoms. The van der Waals surface area contributed by atoms with Crippen molar-refractivity contribution in [3.63, 3.8) is 0 Å². The summed E-state index contributed by atoms with van der Waals surface area (Å²) in [7, 11) is 0. The maximum Gasteiger partial charge on any atom is 0 e. The quantitative estimate of drug-likeness (QED) is 0.723. The third-order valence-corrected chi connectivity index (χ3v) is 1.54. The fourth-order valence-electron chi connectivity index (χ4n) is 1.00. The van der Waals surface area contributed by atoms with E-state index in [1.165, 1.54) is 0 Å². The summed E-state index contributed by atoms with van der Waals surface area (Å²) in [5, 5.41) is 0. The molecule has 2 heteroatoms. The van der Waals surface area contributed by atoms with Crippen molar-refractivity contribution in [3.8, 4) is 11.1 Å². The Bertz CT molecular complexity index is 313. The van der Waals surface area contributed by atoms with E-state index in [9.17, 15) is 0 Å². The van der Waals surface area contributed by atoms with E-state index in [0.29, 0.717) is 0 Å². The SMILES string of the molecule is [Y].[c-]1ccccc1-c1[c-][nH]cc1. The molecule has 0 saturated heterocycles. The van der Waals surface area contributed by atoms with Gasteiger partial charge in [0, 0.05) is 32.7 Å². The van der Waals surface area contributed by atoms with Gasteiger partial charge in [0.25, 0.3) is 0 Å². The minimum absolute atomic E-state index is 0. The summed E-state index contributed by atoms with van der Waals surface area (Å²) < 4.78 is 0. The molecule has 2 aromatic rings. The summed E-state index contributed by atoms with van der Waals surface area (Å²) in [4.78, 5) is 2.88. The van der Waals surface area contributed by atoms with E-state index in [1.54, 1.807) is 0 Å². The van der Waals surface area contributed by atoms with Gasteiger partial charge < -0.3 is 4.98 Å². The van der Waals surface area contributed by atoms with Gasteiger partial charge in [0.05, 0.1) is 0 Å². The largest absolute Gasteiger partial charge is 0.462 e. The van der Waals surface area contributed by atoms with Crippen LogP contribution in [0.2, 0.25) is 0 Å². The van der Waals surface area contributed by atoms with Gasteiger partial charge in [-0.15, -0.1) is 18.5 Å². The predicted molar refractivity (Wildman–Crippen MR) is 43.9 cm³/mol. The Labute approximate surface area is 97.1 Å². The molecule has 1 radical (unpaired) electrons. The van der Waals surface area contributed by atoms with Gasteiger partial charge in [0.15, 0.2) is 0 Å². The molecular formula is C10H7NY-2. The fraction of sp³-hybridized carbons (Fsp3) is 0. The summed E-state index contributed by atoms with van der Waals surface area (Å²) in [5.74, 6) is 0. The van der Waals surface area contributed by atoms with Crippen LogP contribution in [0.15, 0.2) is 36.5 Å². The van der Waals surface area contributed by atoms with Crippen LogP contribution in [0, 0.1) is 12.3 Å². The molecule has 0 fully saturated rings. The number of aromatic amines is 1. The van der Waals surface area contributed by atoms with Gasteiger partial charge in [-0.2, -0.15) is 24.3 Å². The van der Waals surface area contributed by atoms with Gasteiger partial charge in [-0.3, -0.25) is 0 Å². The zero-order valence-corrected chi connectivity index (χ0v) is 9.38. The number of hydrogen-bond acceptors (Lipinski definition) is 0. The van der Waals surface area contributed by atoms with Gasteiger partial charge in [0.2, 0.25) is 0 Å². The summed E-state index contributed by atoms with van der Waals surface area (Å²) in [6.07, 6.45) is 4.85. The van der Waals surface area contributed by atoms with Crippen molar-refractivity contribution < 1.29 is 32.7 Å². The van der Waals surface area contributed by atoms with E-state index in [2.05, 4.69) is 17.2 Å². The van der Waals surface area contributed by atoms with Gasteiger partial charge >= 0.3 is 0 Å². The molecular weight excluding hydrogens is 223 g/mol. The Morgan fingerprint density at radius 1 is 1.08 bits per heavy atom. The van der Waals surface area contributed by atoms with E-state index in [0.717, 1.165) is 11.1 Å². The first-order valence-electron chi connectivity index (χ1n) is 3.49. The molecule has 0 unspecified atom stereocenters. The molecule has 0 atom stereocenters. The number of nitrogens with one attached hydrogen (secondary N) is 1. The normalized spacial score (nSPS) is 9.00. The van der Waals surface area contributed by atoms with Gasteiger partial charge in [-0.25, -0.2) is 17.2 Å². The first-order chi connectivity index (χ1) is 5.47. The molecule has 1 heterocycles. The molecule has 57 valence electrons. The standard InChI is InChI=1S/C10H7N.Y/c1-2-4-9(5-3-1)10-6-7-11-8-10;/h1-4,6-7,11H;/q-2;. The number of hydrogen-bond donors (Lipinski definition) is 1. The molecule has 0 aliphatic heterocycles. The van der Waals surface area contributed by atoms with Crippen LogP contribution in [0.5, 0.6) is 0 Å². The summed E-state index contributed by atoms with van der Waals surface area (Å²) in [6, 6.07) is 13.0. The van der Waals surface area contributed by atoms with Crippen molar-refractivity contribution in [1.29, 1.82) is 0 Å². The third-order valence-electron chi connectivity index (χ3n) is 1.54. The van der Waals surface area contributed by atoms with Crippen LogP contribution in [0.1, 0.15) is 0 Å². The second-order valence-corrected chi connectivity index (χ2v) is 2.29. The summed E-state index contributed by atoms with van der Waals surface area (Å²) in [5.41, 5.74) is 2.14. The van der Waals surface area contributed by atoms with Crippen LogP contribution < -0.4 is 0 Å². The van der Waals surface area contributed by atoms with E-state index in [4.69, 9.17) is 0 Å². The number of rotatable bonds is 1. The minimum Gasteiger partial charge on any atom is -0.462 e. The van der Waals surface area contributed by atoms with E-state index in [1.807, 2.05) is 36.5 Å². The number of H-pyrrole nitrogens is 1. The van der Waals surface area contributed by atoms with Gasteiger partial charge in [-0.05, 0) is 0 Å². The minimum atomic E-state index is 0. The van der Waals surface area contributed by atoms with Crippen LogP contribution in [0.3, 0.4) is 0 Å². The first-order valence-corrected chi connectivity index (χ1v) is 3.49. The van der Waals surface area contributed by atoms with Crippen LogP contribution >= 0.6 is 0 Å². The molecule has 1 nitrogen and oxygen atoms in total. The van der Waals surface area contributed by atoms with Crippen molar-refractivity contribution in [2.24, 2.45) is 0 Å². The van der Waals surface area contributed by atoms with Crippen LogP contribution in [0.25, 0.3) is 11.1 Å². The van der Waals surface area contributed by atoms with Crippen molar-refractivity contribution in [2.45, 2.75) is 0 Å². The van der Waals surface area contributed by atoms with Gasteiger partial charge in [0.1, 0.15) is 0 Å². The molecule has 2 rings (SSSR count). The molecule has 0 aliphatic carbocycles. The topological polar surface area (TPSA) is 15.8 Å². The monoisotopic (exact) mass is 230 g/mol. The smallest absolute Gasteiger partial charge is 0 e. The summed E-state index contributed by atoms with van der Waals surface area (Å²) >= 11 is 0. The van der Waals surface area contributed by atoms with Crippen LogP contribution in [-0.2, 0) is 32.7 Å². The Morgan fingerprint density at radius 2 is 2.00 bits per heavy atom. The van der Waals surface area contributed by atoms with Crippen LogP contribution in [-0.4, -0.2) is 4.98 Å². The van der Waals surface area contributed by atoms with Crippen molar-refractivity contribution in [2.75, 3.05) is 0 Å². The zero-order chi connectivity index (χ0) is 7.52. The number of aromatic nitrogens is 1. The Hall–Kier alpha value is -0.396. The maximum absolute atomic E-state index is 3.12. The van der Waals surface area contributed by atoms with E-state index in [-0.39, 0.29) is 32.7 Å². The molecule has 0 saturated carbocycles. The van der Waals surface area contributed by atoms with Crippen molar-refractivity contribution in [3.05, 3.63) is 48.8 Å². The Morgan fingerprint density at radius 3 is 2.58 bits per heavy atom. The molecule has 0 amide bonds. The van der Waals surface area contributed by atoms with Gasteiger partial charge in [-0.1, -0.05) is 0 Å². The first kappa shape index (κ1) is 9.69. The molecule has 0 aliphatic rings. The molecule has 0 spiro atoms. The van der Waals surface area contributed by atoms with E-state index >= 15 is 0 Å². The van der Waals surface area contributed by atoms with Crippen LogP contribution in [0.4, 0.5) is 0 Å². The molecule has 0 bridgehead atoms. The second kappa shape index (κ2) is 4.59. The van der Waals surface area contributed by atoms with Crippen molar-refractivity contribution in [1.82, 2.24) is 4.98 Å². The number of benzene rings is 1. The Balaban J connectivity index is 0.000000720.